The number of rotatable bonds is 9. The van der Waals surface area contributed by atoms with Gasteiger partial charge in [-0.1, -0.05) is 19.9 Å². The number of esters is 1. The highest BCUT2D eigenvalue weighted by atomic mass is 32.1. The molecule has 1 amide bonds. The lowest BCUT2D eigenvalue weighted by Gasteiger charge is -2.09. The summed E-state index contributed by atoms with van der Waals surface area (Å²) in [6, 6.07) is 6.90. The van der Waals surface area contributed by atoms with Crippen molar-refractivity contribution < 1.29 is 23.8 Å². The Balaban J connectivity index is 1.85. The molecule has 0 saturated heterocycles. The molecule has 1 aromatic carbocycles. The summed E-state index contributed by atoms with van der Waals surface area (Å²) < 4.78 is 15.8. The van der Waals surface area contributed by atoms with Crippen LogP contribution < -0.4 is 14.8 Å². The van der Waals surface area contributed by atoms with Crippen LogP contribution in [-0.2, 0) is 16.0 Å². The molecule has 0 spiro atoms. The minimum atomic E-state index is -0.661. The van der Waals surface area contributed by atoms with Crippen LogP contribution in [0.3, 0.4) is 0 Å². The van der Waals surface area contributed by atoms with Crippen molar-refractivity contribution in [2.75, 3.05) is 18.5 Å². The number of nitrogens with zero attached hydrogens (tertiary/aromatic N) is 1. The second-order valence-corrected chi connectivity index (χ2v) is 7.00. The number of amides is 1. The Kier molecular flexibility index (Phi) is 8.06. The van der Waals surface area contributed by atoms with E-state index in [2.05, 4.69) is 24.1 Å². The van der Waals surface area contributed by atoms with Gasteiger partial charge in [-0.25, -0.2) is 9.78 Å². The number of ether oxygens (including phenoxy) is 3. The zero-order chi connectivity index (χ0) is 19.6. The molecule has 27 heavy (non-hydrogen) atoms. The third kappa shape index (κ3) is 7.65. The number of hydrogen-bond donors (Lipinski definition) is 1. The van der Waals surface area contributed by atoms with Gasteiger partial charge in [0.2, 0.25) is 0 Å². The molecule has 8 heteroatoms. The van der Waals surface area contributed by atoms with Crippen molar-refractivity contribution in [2.24, 2.45) is 5.92 Å². The molecule has 0 bridgehead atoms. The number of aromatic nitrogens is 1. The molecule has 0 radical (unpaired) electrons. The normalized spacial score (nSPS) is 10.5. The van der Waals surface area contributed by atoms with Crippen molar-refractivity contribution >= 4 is 28.5 Å². The van der Waals surface area contributed by atoms with E-state index in [-0.39, 0.29) is 12.4 Å². The Morgan fingerprint density at radius 2 is 2.04 bits per heavy atom. The van der Waals surface area contributed by atoms with Crippen molar-refractivity contribution in [1.82, 2.24) is 4.98 Å². The Hall–Kier alpha value is -2.61. The van der Waals surface area contributed by atoms with Crippen LogP contribution in [0.4, 0.5) is 9.93 Å². The molecule has 0 unspecified atom stereocenters. The number of anilines is 1. The first-order chi connectivity index (χ1) is 13.0. The summed E-state index contributed by atoms with van der Waals surface area (Å²) in [5.41, 5.74) is 0.536. The van der Waals surface area contributed by atoms with Gasteiger partial charge in [0.1, 0.15) is 11.5 Å². The summed E-state index contributed by atoms with van der Waals surface area (Å²) in [7, 11) is 0. The maximum absolute atomic E-state index is 12.0. The van der Waals surface area contributed by atoms with Crippen molar-refractivity contribution in [3.8, 4) is 11.5 Å². The third-order valence-electron chi connectivity index (χ3n) is 3.37. The highest BCUT2D eigenvalue weighted by molar-refractivity contribution is 7.13. The van der Waals surface area contributed by atoms with Crippen molar-refractivity contribution in [3.63, 3.8) is 0 Å². The van der Waals surface area contributed by atoms with Crippen molar-refractivity contribution in [1.29, 1.82) is 0 Å². The van der Waals surface area contributed by atoms with Crippen molar-refractivity contribution in [2.45, 2.75) is 33.6 Å². The lowest BCUT2D eigenvalue weighted by Crippen LogP contribution is -2.16. The first-order valence-corrected chi connectivity index (χ1v) is 9.66. The van der Waals surface area contributed by atoms with E-state index in [9.17, 15) is 9.59 Å². The van der Waals surface area contributed by atoms with Gasteiger partial charge in [0.25, 0.3) is 0 Å². The number of hydrogen-bond acceptors (Lipinski definition) is 7. The van der Waals surface area contributed by atoms with E-state index in [1.807, 2.05) is 6.07 Å². The third-order valence-corrected chi connectivity index (χ3v) is 4.18. The first-order valence-electron chi connectivity index (χ1n) is 8.78. The zero-order valence-corrected chi connectivity index (χ0v) is 16.5. The van der Waals surface area contributed by atoms with Crippen LogP contribution in [0.1, 0.15) is 32.9 Å². The highest BCUT2D eigenvalue weighted by Gasteiger charge is 2.12. The summed E-state index contributed by atoms with van der Waals surface area (Å²) in [6.45, 7) is 6.93. The molecule has 146 valence electrons. The Morgan fingerprint density at radius 1 is 1.26 bits per heavy atom. The van der Waals surface area contributed by atoms with Gasteiger partial charge in [0, 0.05) is 11.4 Å². The predicted molar refractivity (Wildman–Crippen MR) is 103 cm³/mol. The summed E-state index contributed by atoms with van der Waals surface area (Å²) in [4.78, 5) is 27.6. The number of benzene rings is 1. The molecular formula is C19H24N2O5S. The Morgan fingerprint density at radius 3 is 2.78 bits per heavy atom. The Labute approximate surface area is 162 Å². The van der Waals surface area contributed by atoms with Crippen LogP contribution in [0.15, 0.2) is 29.6 Å². The van der Waals surface area contributed by atoms with Crippen LogP contribution in [0.2, 0.25) is 0 Å². The van der Waals surface area contributed by atoms with Crippen LogP contribution >= 0.6 is 11.3 Å². The molecule has 0 aliphatic carbocycles. The lowest BCUT2D eigenvalue weighted by molar-refractivity contribution is -0.142. The van der Waals surface area contributed by atoms with Gasteiger partial charge < -0.3 is 14.2 Å². The van der Waals surface area contributed by atoms with Crippen LogP contribution in [-0.4, -0.2) is 30.3 Å². The van der Waals surface area contributed by atoms with E-state index >= 15 is 0 Å². The van der Waals surface area contributed by atoms with Gasteiger partial charge >= 0.3 is 12.1 Å². The summed E-state index contributed by atoms with van der Waals surface area (Å²) in [5.74, 6) is 1.22. The van der Waals surface area contributed by atoms with Crippen LogP contribution in [0.25, 0.3) is 0 Å². The molecule has 0 atom stereocenters. The maximum atomic E-state index is 12.0. The molecular weight excluding hydrogens is 368 g/mol. The standard InChI is InChI=1S/C19H24N2O5S/c1-4-24-17(22)10-14-12-27-18(20-14)21-19(23)26-16-7-5-6-15(11-16)25-9-8-13(2)3/h5-7,11-13H,4,8-10H2,1-3H3,(H,20,21,23). The van der Waals surface area contributed by atoms with Crippen molar-refractivity contribution in [3.05, 3.63) is 35.3 Å². The SMILES string of the molecule is CCOC(=O)Cc1csc(NC(=O)Oc2cccc(OCCC(C)C)c2)n1. The molecule has 1 heterocycles. The fraction of sp³-hybridized carbons (Fsp3) is 0.421. The zero-order valence-electron chi connectivity index (χ0n) is 15.7. The van der Waals surface area contributed by atoms with Gasteiger partial charge in [0.05, 0.1) is 25.3 Å². The molecule has 1 N–H and O–H groups in total. The minimum absolute atomic E-state index is 0.0663. The summed E-state index contributed by atoms with van der Waals surface area (Å²) in [5, 5.41) is 4.59. The number of carbonyl (C=O) groups is 2. The smallest absolute Gasteiger partial charge is 0.418 e. The molecule has 0 aliphatic rings. The van der Waals surface area contributed by atoms with Gasteiger partial charge in [-0.15, -0.1) is 11.3 Å². The van der Waals surface area contributed by atoms with Gasteiger partial charge in [-0.2, -0.15) is 0 Å². The topological polar surface area (TPSA) is 86.8 Å². The quantitative estimate of drug-likeness (QED) is 0.641. The molecule has 2 rings (SSSR count). The fourth-order valence-electron chi connectivity index (χ4n) is 2.07. The van der Waals surface area contributed by atoms with E-state index in [0.29, 0.717) is 41.5 Å². The average Bonchev–Trinajstić information content (AvgIpc) is 3.01. The molecule has 2 aromatic rings. The molecule has 0 aliphatic heterocycles. The summed E-state index contributed by atoms with van der Waals surface area (Å²) >= 11 is 1.21. The maximum Gasteiger partial charge on any atom is 0.418 e. The molecule has 7 nitrogen and oxygen atoms in total. The van der Waals surface area contributed by atoms with Gasteiger partial charge in [-0.05, 0) is 31.4 Å². The summed E-state index contributed by atoms with van der Waals surface area (Å²) in [6.07, 6.45) is 0.354. The second kappa shape index (κ2) is 10.5. The van der Waals surface area contributed by atoms with Gasteiger partial charge in [-0.3, -0.25) is 10.1 Å². The van der Waals surface area contributed by atoms with Crippen LogP contribution in [0, 0.1) is 5.92 Å². The second-order valence-electron chi connectivity index (χ2n) is 6.15. The van der Waals surface area contributed by atoms with Gasteiger partial charge in [0.15, 0.2) is 5.13 Å². The predicted octanol–water partition coefficient (Wildman–Crippen LogP) is 4.28. The highest BCUT2D eigenvalue weighted by Crippen LogP contribution is 2.21. The minimum Gasteiger partial charge on any atom is -0.493 e. The van der Waals surface area contributed by atoms with E-state index in [4.69, 9.17) is 14.2 Å². The van der Waals surface area contributed by atoms with Crippen LogP contribution in [0.5, 0.6) is 11.5 Å². The van der Waals surface area contributed by atoms with E-state index in [0.717, 1.165) is 6.42 Å². The lowest BCUT2D eigenvalue weighted by atomic mass is 10.1. The number of nitrogens with one attached hydrogen (secondary N) is 1. The fourth-order valence-corrected chi connectivity index (χ4v) is 2.76. The molecule has 0 fully saturated rings. The number of carbonyl (C=O) groups excluding carboxylic acids is 2. The van der Waals surface area contributed by atoms with E-state index in [1.54, 1.807) is 30.5 Å². The molecule has 1 aromatic heterocycles. The largest absolute Gasteiger partial charge is 0.493 e. The number of thiazole rings is 1. The molecule has 0 saturated carbocycles. The van der Waals surface area contributed by atoms with E-state index in [1.165, 1.54) is 11.3 Å². The van der Waals surface area contributed by atoms with E-state index < -0.39 is 6.09 Å². The first kappa shape index (κ1) is 20.7. The average molecular weight is 392 g/mol. The monoisotopic (exact) mass is 392 g/mol. The Bertz CT molecular complexity index is 760.